The van der Waals surface area contributed by atoms with Crippen molar-refractivity contribution in [2.45, 2.75) is 32.6 Å². The lowest BCUT2D eigenvalue weighted by Crippen LogP contribution is -2.51. The van der Waals surface area contributed by atoms with Gasteiger partial charge in [0.15, 0.2) is 0 Å². The fraction of sp³-hybridized carbons (Fsp3) is 0.462. The van der Waals surface area contributed by atoms with Crippen LogP contribution in [0.15, 0.2) is 30.3 Å². The van der Waals surface area contributed by atoms with Gasteiger partial charge < -0.3 is 24.5 Å². The van der Waals surface area contributed by atoms with E-state index in [0.29, 0.717) is 69.8 Å². The Hall–Kier alpha value is -3.33. The number of rotatable bonds is 4. The summed E-state index contributed by atoms with van der Waals surface area (Å²) >= 11 is 5.97. The molecule has 2 fully saturated rings. The topological polar surface area (TPSA) is 103 Å². The Morgan fingerprint density at radius 3 is 2.25 bits per heavy atom. The molecule has 2 aromatic rings. The fourth-order valence-corrected chi connectivity index (χ4v) is 4.91. The maximum absolute atomic E-state index is 13.4. The summed E-state index contributed by atoms with van der Waals surface area (Å²) in [7, 11) is 0. The van der Waals surface area contributed by atoms with E-state index in [1.54, 1.807) is 27.7 Å². The van der Waals surface area contributed by atoms with E-state index in [9.17, 15) is 19.5 Å². The summed E-state index contributed by atoms with van der Waals surface area (Å²) in [5.74, 6) is -0.226. The molecular weight excluding hydrogens is 484 g/mol. The summed E-state index contributed by atoms with van der Waals surface area (Å²) in [6.07, 6.45) is 1.02. The van der Waals surface area contributed by atoms with Crippen molar-refractivity contribution in [1.29, 1.82) is 0 Å². The Labute approximate surface area is 215 Å². The minimum Gasteiger partial charge on any atom is -0.506 e. The van der Waals surface area contributed by atoms with Crippen molar-refractivity contribution < 1.29 is 24.2 Å². The lowest BCUT2D eigenvalue weighted by atomic mass is 9.89. The number of piperazine rings is 1. The maximum Gasteiger partial charge on any atom is 0.409 e. The van der Waals surface area contributed by atoms with Gasteiger partial charge in [0.2, 0.25) is 0 Å². The number of ether oxygens (including phenoxy) is 1. The molecule has 0 atom stereocenters. The number of likely N-dealkylation sites (tertiary alicyclic amines) is 1. The first-order valence-corrected chi connectivity index (χ1v) is 12.6. The van der Waals surface area contributed by atoms with Crippen LogP contribution in [0, 0.1) is 6.92 Å². The van der Waals surface area contributed by atoms with Crippen molar-refractivity contribution in [2.24, 2.45) is 0 Å². The highest BCUT2D eigenvalue weighted by molar-refractivity contribution is 6.32. The van der Waals surface area contributed by atoms with E-state index in [-0.39, 0.29) is 34.6 Å². The van der Waals surface area contributed by atoms with Gasteiger partial charge in [-0.15, -0.1) is 0 Å². The molecule has 2 aliphatic heterocycles. The Balaban J connectivity index is 1.42. The molecule has 192 valence electrons. The number of piperidine rings is 1. The predicted molar refractivity (Wildman–Crippen MR) is 134 cm³/mol. The van der Waals surface area contributed by atoms with E-state index in [0.717, 1.165) is 11.4 Å². The Kier molecular flexibility index (Phi) is 7.98. The molecular formula is C26H31ClN4O5. The number of aryl methyl sites for hydroxylation is 1. The third kappa shape index (κ3) is 5.56. The molecule has 0 spiro atoms. The lowest BCUT2D eigenvalue weighted by molar-refractivity contribution is 0.0567. The van der Waals surface area contributed by atoms with Crippen LogP contribution < -0.4 is 0 Å². The molecule has 10 heteroatoms. The van der Waals surface area contributed by atoms with E-state index < -0.39 is 0 Å². The third-order valence-corrected chi connectivity index (χ3v) is 7.05. The average molecular weight is 515 g/mol. The van der Waals surface area contributed by atoms with Crippen molar-refractivity contribution in [3.05, 3.63) is 57.9 Å². The van der Waals surface area contributed by atoms with E-state index in [2.05, 4.69) is 0 Å². The van der Waals surface area contributed by atoms with Crippen molar-refractivity contribution in [3.8, 4) is 5.75 Å². The molecule has 36 heavy (non-hydrogen) atoms. The third-order valence-electron chi connectivity index (χ3n) is 6.75. The van der Waals surface area contributed by atoms with Crippen LogP contribution in [-0.4, -0.2) is 88.6 Å². The van der Waals surface area contributed by atoms with Crippen molar-refractivity contribution in [2.75, 3.05) is 45.9 Å². The number of hydrogen-bond donors (Lipinski definition) is 1. The van der Waals surface area contributed by atoms with Crippen LogP contribution in [0.4, 0.5) is 4.79 Å². The lowest BCUT2D eigenvalue weighted by Gasteiger charge is -2.35. The molecule has 3 amide bonds. The number of aromatic hydroxyl groups is 1. The van der Waals surface area contributed by atoms with Gasteiger partial charge in [-0.3, -0.25) is 14.6 Å². The van der Waals surface area contributed by atoms with Crippen LogP contribution in [0.5, 0.6) is 5.75 Å². The van der Waals surface area contributed by atoms with Crippen molar-refractivity contribution in [3.63, 3.8) is 0 Å². The molecule has 9 nitrogen and oxygen atoms in total. The Morgan fingerprint density at radius 2 is 1.61 bits per heavy atom. The van der Waals surface area contributed by atoms with Gasteiger partial charge in [-0.2, -0.15) is 0 Å². The van der Waals surface area contributed by atoms with Gasteiger partial charge in [0.05, 0.1) is 22.9 Å². The van der Waals surface area contributed by atoms with Gasteiger partial charge >= 0.3 is 6.09 Å². The van der Waals surface area contributed by atoms with Crippen LogP contribution in [0.2, 0.25) is 5.02 Å². The zero-order chi connectivity index (χ0) is 25.8. The summed E-state index contributed by atoms with van der Waals surface area (Å²) in [6.45, 7) is 6.80. The second-order valence-electron chi connectivity index (χ2n) is 9.10. The summed E-state index contributed by atoms with van der Waals surface area (Å²) in [4.78, 5) is 48.3. The molecule has 1 N–H and O–H groups in total. The van der Waals surface area contributed by atoms with E-state index >= 15 is 0 Å². The molecule has 2 aliphatic rings. The summed E-state index contributed by atoms with van der Waals surface area (Å²) in [5, 5.41) is 9.77. The highest BCUT2D eigenvalue weighted by Crippen LogP contribution is 2.31. The molecule has 0 aliphatic carbocycles. The van der Waals surface area contributed by atoms with Gasteiger partial charge in [0, 0.05) is 56.4 Å². The molecule has 1 aromatic heterocycles. The number of phenols is 1. The summed E-state index contributed by atoms with van der Waals surface area (Å²) < 4.78 is 5.07. The number of phenolic OH excluding ortho intramolecular Hbond substituents is 1. The first kappa shape index (κ1) is 25.8. The van der Waals surface area contributed by atoms with Gasteiger partial charge in [-0.25, -0.2) is 4.79 Å². The SMILES string of the molecule is CCOC(=O)N1CCN(C(=O)c2ccc(C)nc2C2CCN(C(=O)c3ccc(O)c(Cl)c3)CC2)CC1. The zero-order valence-electron chi connectivity index (χ0n) is 20.6. The second-order valence-corrected chi connectivity index (χ2v) is 9.50. The number of nitrogens with zero attached hydrogens (tertiary/aromatic N) is 4. The smallest absolute Gasteiger partial charge is 0.409 e. The minimum absolute atomic E-state index is 0.0529. The van der Waals surface area contributed by atoms with E-state index in [4.69, 9.17) is 21.3 Å². The number of hydrogen-bond acceptors (Lipinski definition) is 6. The number of carbonyl (C=O) groups is 3. The highest BCUT2D eigenvalue weighted by atomic mass is 35.5. The summed E-state index contributed by atoms with van der Waals surface area (Å²) in [5.41, 5.74) is 2.63. The van der Waals surface area contributed by atoms with Crippen LogP contribution >= 0.6 is 11.6 Å². The standard InChI is InChI=1S/C26H31ClN4O5/c1-3-36-26(35)31-14-12-30(13-15-31)25(34)20-6-4-17(2)28-23(20)18-8-10-29(11-9-18)24(33)19-5-7-22(32)21(27)16-19/h4-7,16,18,32H,3,8-15H2,1-2H3. The molecule has 0 bridgehead atoms. The maximum atomic E-state index is 13.4. The molecule has 1 aromatic carbocycles. The second kappa shape index (κ2) is 11.2. The number of pyridine rings is 1. The van der Waals surface area contributed by atoms with Gasteiger partial charge in [0.1, 0.15) is 5.75 Å². The fourth-order valence-electron chi connectivity index (χ4n) is 4.72. The molecule has 0 unspecified atom stereocenters. The molecule has 0 radical (unpaired) electrons. The summed E-state index contributed by atoms with van der Waals surface area (Å²) in [6, 6.07) is 8.15. The van der Waals surface area contributed by atoms with Gasteiger partial charge in [-0.1, -0.05) is 11.6 Å². The van der Waals surface area contributed by atoms with Crippen molar-refractivity contribution >= 4 is 29.5 Å². The molecule has 4 rings (SSSR count). The van der Waals surface area contributed by atoms with Gasteiger partial charge in [0.25, 0.3) is 11.8 Å². The van der Waals surface area contributed by atoms with Gasteiger partial charge in [-0.05, 0) is 57.0 Å². The number of aromatic nitrogens is 1. The monoisotopic (exact) mass is 514 g/mol. The quantitative estimate of drug-likeness (QED) is 0.667. The van der Waals surface area contributed by atoms with E-state index in [1.807, 2.05) is 19.1 Å². The van der Waals surface area contributed by atoms with Crippen molar-refractivity contribution in [1.82, 2.24) is 19.7 Å². The van der Waals surface area contributed by atoms with Crippen LogP contribution in [-0.2, 0) is 4.74 Å². The number of halogens is 1. The van der Waals surface area contributed by atoms with E-state index in [1.165, 1.54) is 12.1 Å². The normalized spacial score (nSPS) is 16.7. The zero-order valence-corrected chi connectivity index (χ0v) is 21.3. The predicted octanol–water partition coefficient (Wildman–Crippen LogP) is 3.68. The number of carbonyl (C=O) groups excluding carboxylic acids is 3. The Morgan fingerprint density at radius 1 is 0.972 bits per heavy atom. The highest BCUT2D eigenvalue weighted by Gasteiger charge is 2.31. The van der Waals surface area contributed by atoms with Crippen LogP contribution in [0.1, 0.15) is 57.8 Å². The van der Waals surface area contributed by atoms with Crippen LogP contribution in [0.3, 0.4) is 0 Å². The number of amides is 3. The molecule has 2 saturated heterocycles. The first-order chi connectivity index (χ1) is 17.3. The molecule has 0 saturated carbocycles. The first-order valence-electron chi connectivity index (χ1n) is 12.2. The Bertz CT molecular complexity index is 1140. The number of benzene rings is 1. The van der Waals surface area contributed by atoms with Crippen LogP contribution in [0.25, 0.3) is 0 Å². The largest absolute Gasteiger partial charge is 0.506 e. The minimum atomic E-state index is -0.349. The average Bonchev–Trinajstić information content (AvgIpc) is 2.90. The molecule has 3 heterocycles.